The van der Waals surface area contributed by atoms with Crippen LogP contribution in [0.4, 0.5) is 0 Å². The van der Waals surface area contributed by atoms with Crippen LogP contribution in [0.3, 0.4) is 0 Å². The van der Waals surface area contributed by atoms with E-state index in [9.17, 15) is 23.1 Å². The van der Waals surface area contributed by atoms with Gasteiger partial charge in [-0.2, -0.15) is 4.31 Å². The molecule has 30 heavy (non-hydrogen) atoms. The fourth-order valence-electron chi connectivity index (χ4n) is 3.78. The Hall–Kier alpha value is -2.76. The van der Waals surface area contributed by atoms with Gasteiger partial charge in [-0.1, -0.05) is 12.1 Å². The van der Waals surface area contributed by atoms with Crippen LogP contribution in [-0.2, 0) is 21.4 Å². The molecular weight excluding hydrogens is 410 g/mol. The van der Waals surface area contributed by atoms with Crippen molar-refractivity contribution in [3.63, 3.8) is 0 Å². The van der Waals surface area contributed by atoms with Gasteiger partial charge < -0.3 is 15.3 Å². The standard InChI is InChI=1S/C19H23N5O5S/c1-20-17(26)11-23-10-15-18(19(27)22-8-6-13(25)7-9-22)21-12-24(15)14-4-2-3-5-16(14)30(23,28)29/h2-5,12-13,25H,6-11H2,1H3,(H,20,26). The van der Waals surface area contributed by atoms with Crippen LogP contribution in [0.1, 0.15) is 29.0 Å². The quantitative estimate of drug-likeness (QED) is 0.686. The number of hydrogen-bond donors (Lipinski definition) is 2. The van der Waals surface area contributed by atoms with Gasteiger partial charge in [0.15, 0.2) is 5.69 Å². The number of rotatable bonds is 3. The topological polar surface area (TPSA) is 125 Å². The second kappa shape index (κ2) is 7.82. The molecule has 0 atom stereocenters. The van der Waals surface area contributed by atoms with Crippen molar-refractivity contribution in [2.75, 3.05) is 26.7 Å². The predicted molar refractivity (Wildman–Crippen MR) is 106 cm³/mol. The summed E-state index contributed by atoms with van der Waals surface area (Å²) in [4.78, 5) is 31.1. The molecule has 2 aliphatic heterocycles. The Morgan fingerprint density at radius 2 is 1.93 bits per heavy atom. The van der Waals surface area contributed by atoms with Crippen molar-refractivity contribution in [3.8, 4) is 5.69 Å². The highest BCUT2D eigenvalue weighted by molar-refractivity contribution is 7.89. The van der Waals surface area contributed by atoms with Crippen LogP contribution in [0, 0.1) is 0 Å². The number of likely N-dealkylation sites (tertiary alicyclic amines) is 1. The van der Waals surface area contributed by atoms with Gasteiger partial charge in [-0.05, 0) is 25.0 Å². The van der Waals surface area contributed by atoms with Crippen LogP contribution in [0.15, 0.2) is 35.5 Å². The van der Waals surface area contributed by atoms with E-state index >= 15 is 0 Å². The minimum Gasteiger partial charge on any atom is -0.393 e. The molecule has 160 valence electrons. The zero-order valence-electron chi connectivity index (χ0n) is 16.5. The summed E-state index contributed by atoms with van der Waals surface area (Å²) in [6.45, 7) is 0.274. The van der Waals surface area contributed by atoms with E-state index in [0.717, 1.165) is 4.31 Å². The van der Waals surface area contributed by atoms with Gasteiger partial charge in [-0.25, -0.2) is 13.4 Å². The molecule has 11 heteroatoms. The second-order valence-electron chi connectivity index (χ2n) is 7.35. The number of nitrogens with one attached hydrogen (secondary N) is 1. The van der Waals surface area contributed by atoms with Gasteiger partial charge in [0.25, 0.3) is 5.91 Å². The second-order valence-corrected chi connectivity index (χ2v) is 9.25. The summed E-state index contributed by atoms with van der Waals surface area (Å²) >= 11 is 0. The number of carbonyl (C=O) groups is 2. The maximum Gasteiger partial charge on any atom is 0.274 e. The molecule has 10 nitrogen and oxygen atoms in total. The Bertz CT molecular complexity index is 1090. The fourth-order valence-corrected chi connectivity index (χ4v) is 5.31. The van der Waals surface area contributed by atoms with Crippen molar-refractivity contribution in [1.82, 2.24) is 24.1 Å². The van der Waals surface area contributed by atoms with Gasteiger partial charge in [0.1, 0.15) is 11.2 Å². The predicted octanol–water partition coefficient (Wildman–Crippen LogP) is -0.280. The number of para-hydroxylation sites is 1. The number of amides is 2. The Morgan fingerprint density at radius 3 is 2.63 bits per heavy atom. The Morgan fingerprint density at radius 1 is 1.23 bits per heavy atom. The first kappa shape index (κ1) is 20.5. The lowest BCUT2D eigenvalue weighted by Gasteiger charge is -2.29. The first-order valence-electron chi connectivity index (χ1n) is 9.66. The molecule has 0 spiro atoms. The van der Waals surface area contributed by atoms with Crippen LogP contribution >= 0.6 is 0 Å². The van der Waals surface area contributed by atoms with Crippen molar-refractivity contribution in [2.45, 2.75) is 30.4 Å². The van der Waals surface area contributed by atoms with Gasteiger partial charge in [-0.15, -0.1) is 0 Å². The highest BCUT2D eigenvalue weighted by atomic mass is 32.2. The molecule has 0 unspecified atom stereocenters. The van der Waals surface area contributed by atoms with Crippen LogP contribution in [0.25, 0.3) is 5.69 Å². The van der Waals surface area contributed by atoms with Crippen molar-refractivity contribution in [3.05, 3.63) is 42.0 Å². The maximum absolute atomic E-state index is 13.3. The number of nitrogens with zero attached hydrogens (tertiary/aromatic N) is 4. The van der Waals surface area contributed by atoms with E-state index < -0.39 is 22.0 Å². The first-order valence-corrected chi connectivity index (χ1v) is 11.1. The molecular formula is C19H23N5O5S. The van der Waals surface area contributed by atoms with Gasteiger partial charge in [0, 0.05) is 20.1 Å². The maximum atomic E-state index is 13.3. The molecule has 2 aliphatic rings. The molecule has 2 aromatic rings. The summed E-state index contributed by atoms with van der Waals surface area (Å²) in [6, 6.07) is 6.44. The molecule has 2 amide bonds. The molecule has 0 saturated carbocycles. The number of sulfonamides is 1. The number of aromatic nitrogens is 2. The number of imidazole rings is 1. The monoisotopic (exact) mass is 433 g/mol. The normalized spacial score (nSPS) is 18.9. The van der Waals surface area contributed by atoms with Gasteiger partial charge >= 0.3 is 0 Å². The fraction of sp³-hybridized carbons (Fsp3) is 0.421. The average Bonchev–Trinajstić information content (AvgIpc) is 3.13. The third-order valence-electron chi connectivity index (χ3n) is 5.49. The molecule has 1 saturated heterocycles. The summed E-state index contributed by atoms with van der Waals surface area (Å²) in [5, 5.41) is 12.1. The Labute approximate surface area is 174 Å². The highest BCUT2D eigenvalue weighted by Gasteiger charge is 2.36. The molecule has 4 rings (SSSR count). The molecule has 3 heterocycles. The van der Waals surface area contributed by atoms with Crippen LogP contribution in [0.5, 0.6) is 0 Å². The van der Waals surface area contributed by atoms with E-state index in [4.69, 9.17) is 0 Å². The number of benzene rings is 1. The van der Waals surface area contributed by atoms with Crippen molar-refractivity contribution < 1.29 is 23.1 Å². The van der Waals surface area contributed by atoms with E-state index in [1.807, 2.05) is 0 Å². The summed E-state index contributed by atoms with van der Waals surface area (Å²) in [5.41, 5.74) is 0.941. The summed E-state index contributed by atoms with van der Waals surface area (Å²) in [6.07, 6.45) is 2.00. The van der Waals surface area contributed by atoms with Gasteiger partial charge in [0.05, 0.1) is 30.6 Å². The van der Waals surface area contributed by atoms with Crippen LogP contribution in [0.2, 0.25) is 0 Å². The van der Waals surface area contributed by atoms with Crippen molar-refractivity contribution >= 4 is 21.8 Å². The largest absolute Gasteiger partial charge is 0.393 e. The number of aliphatic hydroxyl groups is 1. The van der Waals surface area contributed by atoms with E-state index in [1.165, 1.54) is 19.4 Å². The van der Waals surface area contributed by atoms with Gasteiger partial charge in [0.2, 0.25) is 15.9 Å². The first-order chi connectivity index (χ1) is 14.3. The Balaban J connectivity index is 1.80. The van der Waals surface area contributed by atoms with E-state index in [2.05, 4.69) is 10.3 Å². The molecule has 1 aromatic carbocycles. The zero-order valence-corrected chi connectivity index (χ0v) is 17.3. The summed E-state index contributed by atoms with van der Waals surface area (Å²) < 4.78 is 29.2. The SMILES string of the molecule is CNC(=O)CN1Cc2c(C(=O)N3CCC(O)CC3)ncn2-c2ccccc2S1(=O)=O. The minimum absolute atomic E-state index is 0.0464. The molecule has 0 aliphatic carbocycles. The van der Waals surface area contributed by atoms with E-state index in [0.29, 0.717) is 37.3 Å². The average molecular weight is 433 g/mol. The number of piperidine rings is 1. The molecule has 1 fully saturated rings. The lowest BCUT2D eigenvalue weighted by Crippen LogP contribution is -2.41. The van der Waals surface area contributed by atoms with Crippen LogP contribution < -0.4 is 5.32 Å². The number of carbonyl (C=O) groups excluding carboxylic acids is 2. The summed E-state index contributed by atoms with van der Waals surface area (Å²) in [5.74, 6) is -0.769. The zero-order chi connectivity index (χ0) is 21.5. The molecule has 0 bridgehead atoms. The van der Waals surface area contributed by atoms with Crippen LogP contribution in [-0.4, -0.2) is 76.9 Å². The minimum atomic E-state index is -3.97. The number of hydrogen-bond acceptors (Lipinski definition) is 6. The Kier molecular flexibility index (Phi) is 5.35. The van der Waals surface area contributed by atoms with Crippen molar-refractivity contribution in [1.29, 1.82) is 0 Å². The third-order valence-corrected chi connectivity index (χ3v) is 7.33. The van der Waals surface area contributed by atoms with Crippen molar-refractivity contribution in [2.24, 2.45) is 0 Å². The molecule has 2 N–H and O–H groups in total. The molecule has 0 radical (unpaired) electrons. The van der Waals surface area contributed by atoms with E-state index in [-0.39, 0.29) is 29.6 Å². The highest BCUT2D eigenvalue weighted by Crippen LogP contribution is 2.31. The number of aliphatic hydroxyl groups excluding tert-OH is 1. The number of likely N-dealkylation sites (N-methyl/N-ethyl adjacent to an activating group) is 1. The molecule has 1 aromatic heterocycles. The number of fused-ring (bicyclic) bond motifs is 3. The van der Waals surface area contributed by atoms with E-state index in [1.54, 1.807) is 27.7 Å². The summed E-state index contributed by atoms with van der Waals surface area (Å²) in [7, 11) is -2.54. The lowest BCUT2D eigenvalue weighted by atomic mass is 10.1. The smallest absolute Gasteiger partial charge is 0.274 e. The van der Waals surface area contributed by atoms with Gasteiger partial charge in [-0.3, -0.25) is 14.2 Å². The third kappa shape index (κ3) is 3.48. The lowest BCUT2D eigenvalue weighted by molar-refractivity contribution is -0.120.